The van der Waals surface area contributed by atoms with Gasteiger partial charge in [0.2, 0.25) is 5.16 Å². The lowest BCUT2D eigenvalue weighted by Crippen LogP contribution is -2.50. The molecule has 26 heavy (non-hydrogen) atoms. The first kappa shape index (κ1) is 16.5. The van der Waals surface area contributed by atoms with E-state index in [1.165, 1.54) is 36.6 Å². The van der Waals surface area contributed by atoms with Gasteiger partial charge in [0.25, 0.3) is 0 Å². The molecule has 0 spiro atoms. The Morgan fingerprint density at radius 3 is 2.35 bits per heavy atom. The molecule has 2 aromatic rings. The number of carbonyl (C=O) groups excluding carboxylic acids is 1. The lowest BCUT2D eigenvalue weighted by molar-refractivity contribution is -0.141. The largest absolute Gasteiger partial charge is 0.298 e. The van der Waals surface area contributed by atoms with E-state index in [0.717, 1.165) is 48.4 Å². The van der Waals surface area contributed by atoms with Gasteiger partial charge < -0.3 is 0 Å². The van der Waals surface area contributed by atoms with Crippen LogP contribution >= 0.6 is 11.8 Å². The Bertz CT molecular complexity index is 791. The molecule has 0 aliphatic heterocycles. The van der Waals surface area contributed by atoms with Crippen LogP contribution in [0.5, 0.6) is 0 Å². The molecule has 1 heterocycles. The van der Waals surface area contributed by atoms with E-state index in [4.69, 9.17) is 0 Å². The molecule has 136 valence electrons. The zero-order valence-corrected chi connectivity index (χ0v) is 16.0. The van der Waals surface area contributed by atoms with Crippen LogP contribution in [0.4, 0.5) is 0 Å². The predicted molar refractivity (Wildman–Crippen MR) is 103 cm³/mol. The molecule has 6 rings (SSSR count). The van der Waals surface area contributed by atoms with Crippen molar-refractivity contribution in [2.24, 2.45) is 23.2 Å². The van der Waals surface area contributed by atoms with Crippen molar-refractivity contribution in [3.8, 4) is 11.4 Å². The van der Waals surface area contributed by atoms with Crippen molar-refractivity contribution in [3.63, 3.8) is 0 Å². The average molecular weight is 368 g/mol. The lowest BCUT2D eigenvalue weighted by Gasteiger charge is -2.56. The summed E-state index contributed by atoms with van der Waals surface area (Å²) in [6.07, 6.45) is 7.55. The first-order valence-electron chi connectivity index (χ1n) is 9.75. The van der Waals surface area contributed by atoms with Crippen molar-refractivity contribution in [3.05, 3.63) is 29.8 Å². The van der Waals surface area contributed by atoms with Crippen LogP contribution in [-0.2, 0) is 4.79 Å². The minimum absolute atomic E-state index is 0.0160. The first-order valence-corrected chi connectivity index (χ1v) is 10.7. The number of ketones is 1. The van der Waals surface area contributed by atoms with Crippen LogP contribution in [0.1, 0.15) is 44.1 Å². The van der Waals surface area contributed by atoms with Crippen molar-refractivity contribution in [1.29, 1.82) is 0 Å². The molecule has 4 aliphatic rings. The van der Waals surface area contributed by atoms with Crippen molar-refractivity contribution in [2.45, 2.75) is 50.6 Å². The highest BCUT2D eigenvalue weighted by atomic mass is 32.2. The molecule has 1 aromatic heterocycles. The fraction of sp³-hybridized carbons (Fsp3) is 0.571. The second-order valence-corrected chi connectivity index (χ2v) is 9.68. The number of hydrogen-bond donors (Lipinski definition) is 1. The number of hydrogen-bond acceptors (Lipinski definition) is 4. The summed E-state index contributed by atoms with van der Waals surface area (Å²) in [5.41, 5.74) is 2.24. The van der Waals surface area contributed by atoms with Gasteiger partial charge in [-0.2, -0.15) is 0 Å². The molecule has 4 bridgehead atoms. The number of thioether (sulfide) groups is 1. The number of nitrogens with zero attached hydrogens (tertiary/aromatic N) is 2. The third-order valence-electron chi connectivity index (χ3n) is 6.75. The van der Waals surface area contributed by atoms with Gasteiger partial charge in [-0.25, -0.2) is 4.98 Å². The molecular weight excluding hydrogens is 342 g/mol. The Kier molecular flexibility index (Phi) is 3.96. The highest BCUT2D eigenvalue weighted by Crippen LogP contribution is 2.60. The Balaban J connectivity index is 1.25. The third kappa shape index (κ3) is 2.90. The summed E-state index contributed by atoms with van der Waals surface area (Å²) < 4.78 is 0. The van der Waals surface area contributed by atoms with Crippen molar-refractivity contribution in [1.82, 2.24) is 15.2 Å². The predicted octanol–water partition coefficient (Wildman–Crippen LogP) is 4.66. The summed E-state index contributed by atoms with van der Waals surface area (Å²) in [4.78, 5) is 17.7. The minimum Gasteiger partial charge on any atom is -0.298 e. The SMILES string of the molecule is Cc1ccc(-c2nc(SCC(=O)C34CC5CC(CC(C5)C3)C4)n[nH]2)cc1. The summed E-state index contributed by atoms with van der Waals surface area (Å²) >= 11 is 1.49. The average Bonchev–Trinajstić information content (AvgIpc) is 3.08. The Morgan fingerprint density at radius 1 is 1.12 bits per heavy atom. The van der Waals surface area contributed by atoms with Crippen LogP contribution in [0.3, 0.4) is 0 Å². The summed E-state index contributed by atoms with van der Waals surface area (Å²) in [6, 6.07) is 8.23. The van der Waals surface area contributed by atoms with Crippen LogP contribution in [0.15, 0.2) is 29.4 Å². The third-order valence-corrected chi connectivity index (χ3v) is 7.60. The van der Waals surface area contributed by atoms with Crippen molar-refractivity contribution < 1.29 is 4.79 Å². The molecule has 4 fully saturated rings. The van der Waals surface area contributed by atoms with Gasteiger partial charge in [-0.05, 0) is 63.2 Å². The molecule has 0 radical (unpaired) electrons. The Hall–Kier alpha value is -1.62. The minimum atomic E-state index is -0.0160. The Labute approximate surface area is 158 Å². The van der Waals surface area contributed by atoms with Gasteiger partial charge in [0.05, 0.1) is 5.75 Å². The number of aromatic nitrogens is 3. The van der Waals surface area contributed by atoms with Crippen LogP contribution in [0.2, 0.25) is 0 Å². The van der Waals surface area contributed by atoms with Gasteiger partial charge in [0, 0.05) is 11.0 Å². The van der Waals surface area contributed by atoms with Gasteiger partial charge in [-0.15, -0.1) is 5.10 Å². The monoisotopic (exact) mass is 367 g/mol. The van der Waals surface area contributed by atoms with Gasteiger partial charge in [0.1, 0.15) is 5.78 Å². The number of rotatable bonds is 5. The molecule has 0 atom stereocenters. The van der Waals surface area contributed by atoms with E-state index in [1.807, 2.05) is 12.1 Å². The van der Waals surface area contributed by atoms with E-state index >= 15 is 0 Å². The molecule has 0 amide bonds. The van der Waals surface area contributed by atoms with Crippen LogP contribution < -0.4 is 0 Å². The quantitative estimate of drug-likeness (QED) is 0.781. The van der Waals surface area contributed by atoms with Gasteiger partial charge in [-0.1, -0.05) is 41.6 Å². The lowest BCUT2D eigenvalue weighted by atomic mass is 9.48. The maximum absolute atomic E-state index is 13.1. The molecule has 4 nitrogen and oxygen atoms in total. The second kappa shape index (κ2) is 6.22. The summed E-state index contributed by atoms with van der Waals surface area (Å²) in [6.45, 7) is 2.07. The van der Waals surface area contributed by atoms with Crippen LogP contribution in [0.25, 0.3) is 11.4 Å². The smallest absolute Gasteiger partial charge is 0.209 e. The molecule has 1 aromatic carbocycles. The zero-order valence-electron chi connectivity index (χ0n) is 15.2. The van der Waals surface area contributed by atoms with E-state index < -0.39 is 0 Å². The van der Waals surface area contributed by atoms with Gasteiger partial charge in [-0.3, -0.25) is 9.89 Å². The molecule has 0 unspecified atom stereocenters. The van der Waals surface area contributed by atoms with Gasteiger partial charge >= 0.3 is 0 Å². The number of aryl methyl sites for hydroxylation is 1. The summed E-state index contributed by atoms with van der Waals surface area (Å²) in [7, 11) is 0. The standard InChI is InChI=1S/C21H25N3OS/c1-13-2-4-17(5-3-13)19-22-20(24-23-19)26-12-18(25)21-9-14-6-15(10-21)8-16(7-14)11-21/h2-5,14-16H,6-12H2,1H3,(H,22,23,24). The number of aromatic amines is 1. The van der Waals surface area contributed by atoms with Gasteiger partial charge in [0.15, 0.2) is 5.82 Å². The molecule has 4 aliphatic carbocycles. The molecule has 5 heteroatoms. The second-order valence-electron chi connectivity index (χ2n) is 8.74. The van der Waals surface area contributed by atoms with Crippen LogP contribution in [-0.4, -0.2) is 26.7 Å². The molecule has 0 saturated heterocycles. The van der Waals surface area contributed by atoms with E-state index in [0.29, 0.717) is 16.7 Å². The zero-order chi connectivity index (χ0) is 17.7. The summed E-state index contributed by atoms with van der Waals surface area (Å²) in [5.74, 6) is 4.17. The Morgan fingerprint density at radius 2 is 1.73 bits per heavy atom. The molecule has 4 saturated carbocycles. The maximum Gasteiger partial charge on any atom is 0.209 e. The highest BCUT2D eigenvalue weighted by molar-refractivity contribution is 7.99. The molecular formula is C21H25N3OS. The van der Waals surface area contributed by atoms with E-state index in [9.17, 15) is 4.79 Å². The topological polar surface area (TPSA) is 58.6 Å². The van der Waals surface area contributed by atoms with E-state index in [2.05, 4.69) is 34.2 Å². The van der Waals surface area contributed by atoms with Crippen LogP contribution in [0, 0.1) is 30.1 Å². The van der Waals surface area contributed by atoms with E-state index in [1.54, 1.807) is 0 Å². The van der Waals surface area contributed by atoms with Crippen molar-refractivity contribution >= 4 is 17.5 Å². The fourth-order valence-corrected chi connectivity index (χ4v) is 6.72. The fourth-order valence-electron chi connectivity index (χ4n) is 5.89. The first-order chi connectivity index (χ1) is 12.6. The van der Waals surface area contributed by atoms with E-state index in [-0.39, 0.29) is 5.41 Å². The number of benzene rings is 1. The number of carbonyl (C=O) groups is 1. The highest BCUT2D eigenvalue weighted by Gasteiger charge is 2.54. The van der Waals surface area contributed by atoms with Crippen molar-refractivity contribution in [2.75, 3.05) is 5.75 Å². The normalized spacial score (nSPS) is 32.1. The number of nitrogens with one attached hydrogen (secondary N) is 1. The maximum atomic E-state index is 13.1. The summed E-state index contributed by atoms with van der Waals surface area (Å²) in [5, 5.41) is 7.99. The number of Topliss-reactive ketones (excluding diaryl/α,β-unsaturated/α-hetero) is 1. The number of H-pyrrole nitrogens is 1. The molecule has 1 N–H and O–H groups in total.